The highest BCUT2D eigenvalue weighted by Crippen LogP contribution is 2.29. The molecule has 3 heteroatoms. The molecule has 1 aromatic rings. The van der Waals surface area contributed by atoms with Gasteiger partial charge in [-0.25, -0.2) is 4.39 Å². The first kappa shape index (κ1) is 10.2. The molecule has 0 bridgehead atoms. The molecule has 2 rings (SSSR count). The van der Waals surface area contributed by atoms with E-state index in [0.717, 1.165) is 24.1 Å². The van der Waals surface area contributed by atoms with Crippen LogP contribution in [0.5, 0.6) is 0 Å². The third kappa shape index (κ3) is 3.06. The second kappa shape index (κ2) is 4.45. The lowest BCUT2D eigenvalue weighted by atomic mass is 10.2. The van der Waals surface area contributed by atoms with E-state index in [9.17, 15) is 4.39 Å². The lowest BCUT2D eigenvalue weighted by molar-refractivity contribution is 0.141. The van der Waals surface area contributed by atoms with Crippen LogP contribution in [-0.4, -0.2) is 6.61 Å². The fourth-order valence-corrected chi connectivity index (χ4v) is 1.35. The predicted molar refractivity (Wildman–Crippen MR) is 56.5 cm³/mol. The van der Waals surface area contributed by atoms with Gasteiger partial charge in [0, 0.05) is 5.70 Å². The minimum absolute atomic E-state index is 0.224. The van der Waals surface area contributed by atoms with Crippen molar-refractivity contribution in [2.24, 2.45) is 5.73 Å². The number of rotatable bonds is 4. The van der Waals surface area contributed by atoms with Gasteiger partial charge in [0.05, 0.1) is 13.2 Å². The van der Waals surface area contributed by atoms with E-state index in [4.69, 9.17) is 10.5 Å². The summed E-state index contributed by atoms with van der Waals surface area (Å²) in [5.41, 5.74) is 8.90. The van der Waals surface area contributed by atoms with Crippen molar-refractivity contribution in [3.8, 4) is 0 Å². The largest absolute Gasteiger partial charge is 0.400 e. The van der Waals surface area contributed by atoms with Crippen molar-refractivity contribution in [1.82, 2.24) is 0 Å². The van der Waals surface area contributed by atoms with Gasteiger partial charge in [0.25, 0.3) is 0 Å². The number of benzene rings is 1. The molecule has 0 aromatic heterocycles. The SMILES string of the molecule is NC(COCc1ccc(F)cc1)=C1CC1. The lowest BCUT2D eigenvalue weighted by Crippen LogP contribution is -2.06. The molecule has 2 nitrogen and oxygen atoms in total. The summed E-state index contributed by atoms with van der Waals surface area (Å²) in [6.45, 7) is 0.959. The maximum atomic E-state index is 12.6. The van der Waals surface area contributed by atoms with Crippen LogP contribution in [0.2, 0.25) is 0 Å². The first-order chi connectivity index (χ1) is 7.25. The topological polar surface area (TPSA) is 35.2 Å². The second-order valence-corrected chi connectivity index (χ2v) is 3.75. The van der Waals surface area contributed by atoms with Gasteiger partial charge >= 0.3 is 0 Å². The molecule has 1 saturated carbocycles. The molecule has 0 radical (unpaired) electrons. The monoisotopic (exact) mass is 207 g/mol. The van der Waals surface area contributed by atoms with Gasteiger partial charge in [0.1, 0.15) is 5.82 Å². The summed E-state index contributed by atoms with van der Waals surface area (Å²) in [5.74, 6) is -0.224. The number of ether oxygens (including phenoxy) is 1. The van der Waals surface area contributed by atoms with Crippen LogP contribution in [0.15, 0.2) is 35.5 Å². The van der Waals surface area contributed by atoms with Crippen LogP contribution in [0.3, 0.4) is 0 Å². The summed E-state index contributed by atoms with van der Waals surface area (Å²) in [5, 5.41) is 0. The molecule has 0 saturated heterocycles. The van der Waals surface area contributed by atoms with Gasteiger partial charge in [-0.3, -0.25) is 0 Å². The van der Waals surface area contributed by atoms with E-state index >= 15 is 0 Å². The van der Waals surface area contributed by atoms with Gasteiger partial charge in [0.15, 0.2) is 0 Å². The molecule has 80 valence electrons. The summed E-state index contributed by atoms with van der Waals surface area (Å²) >= 11 is 0. The maximum absolute atomic E-state index is 12.6. The van der Waals surface area contributed by atoms with Crippen LogP contribution in [0.25, 0.3) is 0 Å². The third-order valence-corrected chi connectivity index (χ3v) is 2.39. The highest BCUT2D eigenvalue weighted by molar-refractivity contribution is 5.23. The number of hydrogen-bond donors (Lipinski definition) is 1. The normalized spacial score (nSPS) is 14.1. The molecule has 1 aliphatic carbocycles. The Morgan fingerprint density at radius 2 is 1.93 bits per heavy atom. The van der Waals surface area contributed by atoms with Crippen LogP contribution < -0.4 is 5.73 Å². The highest BCUT2D eigenvalue weighted by Gasteiger charge is 2.15. The molecule has 1 fully saturated rings. The van der Waals surface area contributed by atoms with Gasteiger partial charge < -0.3 is 10.5 Å². The van der Waals surface area contributed by atoms with Crippen molar-refractivity contribution < 1.29 is 9.13 Å². The molecule has 1 aromatic carbocycles. The summed E-state index contributed by atoms with van der Waals surface area (Å²) in [6, 6.07) is 6.30. The van der Waals surface area contributed by atoms with Gasteiger partial charge in [-0.15, -0.1) is 0 Å². The molecule has 0 atom stereocenters. The Kier molecular flexibility index (Phi) is 3.02. The fraction of sp³-hybridized carbons (Fsp3) is 0.333. The molecule has 0 aliphatic heterocycles. The average molecular weight is 207 g/mol. The fourth-order valence-electron chi connectivity index (χ4n) is 1.35. The molecule has 0 amide bonds. The number of halogens is 1. The van der Waals surface area contributed by atoms with Crippen molar-refractivity contribution in [3.05, 3.63) is 46.9 Å². The second-order valence-electron chi connectivity index (χ2n) is 3.75. The Morgan fingerprint density at radius 3 is 2.53 bits per heavy atom. The smallest absolute Gasteiger partial charge is 0.123 e. The first-order valence-corrected chi connectivity index (χ1v) is 5.04. The van der Waals surface area contributed by atoms with Crippen molar-refractivity contribution in [1.29, 1.82) is 0 Å². The minimum atomic E-state index is -0.224. The molecular formula is C12H14FNO. The van der Waals surface area contributed by atoms with Crippen molar-refractivity contribution in [2.45, 2.75) is 19.4 Å². The lowest BCUT2D eigenvalue weighted by Gasteiger charge is -2.04. The Balaban J connectivity index is 1.78. The zero-order chi connectivity index (χ0) is 10.7. The Labute approximate surface area is 88.5 Å². The van der Waals surface area contributed by atoms with Crippen molar-refractivity contribution in [3.63, 3.8) is 0 Å². The van der Waals surface area contributed by atoms with E-state index in [-0.39, 0.29) is 5.82 Å². The van der Waals surface area contributed by atoms with Crippen LogP contribution in [0, 0.1) is 5.82 Å². The zero-order valence-electron chi connectivity index (χ0n) is 8.50. The Morgan fingerprint density at radius 1 is 1.27 bits per heavy atom. The van der Waals surface area contributed by atoms with E-state index in [0.29, 0.717) is 13.2 Å². The van der Waals surface area contributed by atoms with E-state index in [1.165, 1.54) is 17.7 Å². The van der Waals surface area contributed by atoms with Crippen molar-refractivity contribution >= 4 is 0 Å². The molecule has 0 heterocycles. The van der Waals surface area contributed by atoms with E-state index in [1.807, 2.05) is 0 Å². The summed E-state index contributed by atoms with van der Waals surface area (Å²) in [4.78, 5) is 0. The molecule has 0 unspecified atom stereocenters. The van der Waals surface area contributed by atoms with Gasteiger partial charge in [-0.2, -0.15) is 0 Å². The molecule has 1 aliphatic rings. The van der Waals surface area contributed by atoms with Gasteiger partial charge in [-0.1, -0.05) is 12.1 Å². The minimum Gasteiger partial charge on any atom is -0.400 e. The molecule has 15 heavy (non-hydrogen) atoms. The Hall–Kier alpha value is -1.35. The van der Waals surface area contributed by atoms with Gasteiger partial charge in [0.2, 0.25) is 0 Å². The van der Waals surface area contributed by atoms with E-state index in [2.05, 4.69) is 0 Å². The standard InChI is InChI=1S/C12H14FNO/c13-11-5-1-9(2-6-11)7-15-8-12(14)10-3-4-10/h1-2,5-6H,3-4,7-8,14H2. The number of nitrogens with two attached hydrogens (primary N) is 1. The zero-order valence-corrected chi connectivity index (χ0v) is 8.50. The van der Waals surface area contributed by atoms with Crippen LogP contribution in [-0.2, 0) is 11.3 Å². The number of allylic oxidation sites excluding steroid dienone is 1. The molecule has 0 spiro atoms. The van der Waals surface area contributed by atoms with E-state index < -0.39 is 0 Å². The predicted octanol–water partition coefficient (Wildman–Crippen LogP) is 2.35. The van der Waals surface area contributed by atoms with Gasteiger partial charge in [-0.05, 0) is 36.1 Å². The average Bonchev–Trinajstić information content (AvgIpc) is 3.04. The number of hydrogen-bond acceptors (Lipinski definition) is 2. The van der Waals surface area contributed by atoms with E-state index in [1.54, 1.807) is 12.1 Å². The van der Waals surface area contributed by atoms with Crippen LogP contribution >= 0.6 is 0 Å². The Bertz CT molecular complexity index is 364. The van der Waals surface area contributed by atoms with Crippen LogP contribution in [0.4, 0.5) is 4.39 Å². The third-order valence-electron chi connectivity index (χ3n) is 2.39. The molecule has 2 N–H and O–H groups in total. The summed E-state index contributed by atoms with van der Waals surface area (Å²) in [7, 11) is 0. The maximum Gasteiger partial charge on any atom is 0.123 e. The van der Waals surface area contributed by atoms with Crippen molar-refractivity contribution in [2.75, 3.05) is 6.61 Å². The first-order valence-electron chi connectivity index (χ1n) is 5.04. The molecular weight excluding hydrogens is 193 g/mol. The quantitative estimate of drug-likeness (QED) is 0.822. The highest BCUT2D eigenvalue weighted by atomic mass is 19.1. The summed E-state index contributed by atoms with van der Waals surface area (Å²) in [6.07, 6.45) is 2.23. The van der Waals surface area contributed by atoms with Crippen LogP contribution in [0.1, 0.15) is 18.4 Å². The summed E-state index contributed by atoms with van der Waals surface area (Å²) < 4.78 is 18.0.